The second-order valence-corrected chi connectivity index (χ2v) is 4.66. The summed E-state index contributed by atoms with van der Waals surface area (Å²) in [5.41, 5.74) is 0.359. The van der Waals surface area contributed by atoms with Crippen LogP contribution in [-0.2, 0) is 17.1 Å². The Bertz CT molecular complexity index is 647. The largest absolute Gasteiger partial charge is 0.416 e. The molecule has 1 aromatic carbocycles. The molecule has 1 amide bonds. The number of halogens is 6. The molecule has 0 spiro atoms. The highest BCUT2D eigenvalue weighted by Gasteiger charge is 2.37. The third-order valence-corrected chi connectivity index (χ3v) is 2.60. The molecule has 0 atom stereocenters. The monoisotopic (exact) mass is 370 g/mol. The molecule has 0 aliphatic rings. The minimum absolute atomic E-state index is 0.0314. The van der Waals surface area contributed by atoms with Gasteiger partial charge in [-0.2, -0.15) is 31.6 Å². The number of nitrogens with zero attached hydrogens (tertiary/aromatic N) is 1. The zero-order valence-electron chi connectivity index (χ0n) is 11.5. The number of thiocarbonyl (C=S) groups is 1. The molecule has 0 aliphatic carbocycles. The average Bonchev–Trinajstić information content (AvgIpc) is 2.43. The molecule has 130 valence electrons. The molecular weight excluding hydrogens is 362 g/mol. The number of benzene rings is 1. The molecule has 0 unspecified atom stereocenters. The molecule has 0 radical (unpaired) electrons. The number of nitrogens with one attached hydrogen (secondary N) is 3. The van der Waals surface area contributed by atoms with Gasteiger partial charge in [0, 0.05) is 5.69 Å². The first-order valence-electron chi connectivity index (χ1n) is 5.95. The number of alkyl halides is 6. The van der Waals surface area contributed by atoms with Gasteiger partial charge >= 0.3 is 12.4 Å². The average molecular weight is 370 g/mol. The smallest absolute Gasteiger partial charge is 0.331 e. The van der Waals surface area contributed by atoms with Gasteiger partial charge in [-0.3, -0.25) is 15.6 Å². The van der Waals surface area contributed by atoms with Crippen molar-refractivity contribution in [1.29, 1.82) is 5.26 Å². The van der Waals surface area contributed by atoms with Gasteiger partial charge in [0.2, 0.25) is 0 Å². The fourth-order valence-corrected chi connectivity index (χ4v) is 1.60. The predicted molar refractivity (Wildman–Crippen MR) is 74.2 cm³/mol. The lowest BCUT2D eigenvalue weighted by molar-refractivity contribution is -0.143. The Kier molecular flexibility index (Phi) is 5.97. The van der Waals surface area contributed by atoms with Gasteiger partial charge in [0.1, 0.15) is 6.42 Å². The van der Waals surface area contributed by atoms with Gasteiger partial charge in [-0.05, 0) is 30.4 Å². The third-order valence-electron chi connectivity index (χ3n) is 2.40. The fourth-order valence-electron chi connectivity index (χ4n) is 1.43. The van der Waals surface area contributed by atoms with Gasteiger partial charge in [-0.1, -0.05) is 0 Å². The first-order valence-corrected chi connectivity index (χ1v) is 6.36. The van der Waals surface area contributed by atoms with E-state index in [0.717, 1.165) is 0 Å². The Morgan fingerprint density at radius 1 is 1.04 bits per heavy atom. The third kappa shape index (κ3) is 5.92. The van der Waals surface area contributed by atoms with E-state index in [1.165, 1.54) is 6.07 Å². The van der Waals surface area contributed by atoms with E-state index in [4.69, 9.17) is 5.26 Å². The van der Waals surface area contributed by atoms with Crippen LogP contribution < -0.4 is 16.2 Å². The molecule has 0 bridgehead atoms. The summed E-state index contributed by atoms with van der Waals surface area (Å²) in [4.78, 5) is 11.0. The summed E-state index contributed by atoms with van der Waals surface area (Å²) in [6.45, 7) is 0. The lowest BCUT2D eigenvalue weighted by Gasteiger charge is -2.16. The van der Waals surface area contributed by atoms with Gasteiger partial charge in [0.25, 0.3) is 5.91 Å². The van der Waals surface area contributed by atoms with Crippen LogP contribution in [0, 0.1) is 11.3 Å². The van der Waals surface area contributed by atoms with Crippen LogP contribution in [0.4, 0.5) is 32.0 Å². The van der Waals surface area contributed by atoms with Crippen molar-refractivity contribution in [2.45, 2.75) is 18.8 Å². The maximum absolute atomic E-state index is 12.7. The highest BCUT2D eigenvalue weighted by atomic mass is 32.1. The highest BCUT2D eigenvalue weighted by Crippen LogP contribution is 2.37. The SMILES string of the molecule is N#CCC(=O)NNC(=S)Nc1cc(C(F)(F)F)cc(C(F)(F)F)c1. The lowest BCUT2D eigenvalue weighted by Crippen LogP contribution is -2.43. The minimum atomic E-state index is -4.99. The number of hydrogen-bond donors (Lipinski definition) is 3. The van der Waals surface area contributed by atoms with Gasteiger partial charge in [0.15, 0.2) is 5.11 Å². The normalized spacial score (nSPS) is 11.4. The minimum Gasteiger partial charge on any atom is -0.331 e. The Labute approximate surface area is 136 Å². The van der Waals surface area contributed by atoms with Crippen molar-refractivity contribution in [1.82, 2.24) is 10.9 Å². The summed E-state index contributed by atoms with van der Waals surface area (Å²) < 4.78 is 76.1. The first kappa shape index (κ1) is 19.5. The Morgan fingerprint density at radius 3 is 1.96 bits per heavy atom. The summed E-state index contributed by atoms with van der Waals surface area (Å²) in [6, 6.07) is 2.35. The van der Waals surface area contributed by atoms with Crippen LogP contribution in [0.5, 0.6) is 0 Å². The van der Waals surface area contributed by atoms with Crippen LogP contribution in [0.3, 0.4) is 0 Å². The summed E-state index contributed by atoms with van der Waals surface area (Å²) in [6.07, 6.45) is -10.5. The number of hydrazine groups is 1. The van der Waals surface area contributed by atoms with E-state index in [0.29, 0.717) is 12.1 Å². The zero-order valence-corrected chi connectivity index (χ0v) is 12.3. The first-order chi connectivity index (χ1) is 10.9. The molecule has 0 saturated heterocycles. The molecule has 3 N–H and O–H groups in total. The molecule has 24 heavy (non-hydrogen) atoms. The van der Waals surface area contributed by atoms with E-state index in [-0.39, 0.29) is 6.07 Å². The second-order valence-electron chi connectivity index (χ2n) is 4.26. The van der Waals surface area contributed by atoms with Crippen molar-refractivity contribution in [3.8, 4) is 6.07 Å². The molecule has 1 rings (SSSR count). The highest BCUT2D eigenvalue weighted by molar-refractivity contribution is 7.80. The van der Waals surface area contributed by atoms with Crippen molar-refractivity contribution in [3.05, 3.63) is 29.3 Å². The number of nitriles is 1. The van der Waals surface area contributed by atoms with Crippen LogP contribution in [-0.4, -0.2) is 11.0 Å². The summed E-state index contributed by atoms with van der Waals surface area (Å²) >= 11 is 4.63. The molecule has 0 aliphatic heterocycles. The van der Waals surface area contributed by atoms with E-state index in [1.807, 2.05) is 10.9 Å². The second kappa shape index (κ2) is 7.35. The van der Waals surface area contributed by atoms with Crippen LogP contribution >= 0.6 is 12.2 Å². The molecule has 0 saturated carbocycles. The number of anilines is 1. The Morgan fingerprint density at radius 2 is 1.54 bits per heavy atom. The maximum Gasteiger partial charge on any atom is 0.416 e. The van der Waals surface area contributed by atoms with Crippen LogP contribution in [0.25, 0.3) is 0 Å². The molecule has 5 nitrogen and oxygen atoms in total. The van der Waals surface area contributed by atoms with Crippen molar-refractivity contribution >= 4 is 28.9 Å². The fraction of sp³-hybridized carbons (Fsp3) is 0.250. The van der Waals surface area contributed by atoms with E-state index < -0.39 is 46.6 Å². The number of rotatable bonds is 2. The van der Waals surface area contributed by atoms with Gasteiger partial charge in [0.05, 0.1) is 17.2 Å². The standard InChI is InChI=1S/C12H8F6N4OS/c13-11(14,15)6-3-7(12(16,17)18)5-8(4-6)20-10(24)22-21-9(23)1-2-19/h3-5H,1H2,(H,21,23)(H2,20,22,24). The summed E-state index contributed by atoms with van der Waals surface area (Å²) in [5.74, 6) is -0.790. The number of carbonyl (C=O) groups excluding carboxylic acids is 1. The van der Waals surface area contributed by atoms with Gasteiger partial charge in [-0.25, -0.2) is 0 Å². The van der Waals surface area contributed by atoms with E-state index in [2.05, 4.69) is 17.5 Å². The predicted octanol–water partition coefficient (Wildman–Crippen LogP) is 2.96. The van der Waals surface area contributed by atoms with Crippen molar-refractivity contribution in [2.24, 2.45) is 0 Å². The van der Waals surface area contributed by atoms with Crippen LogP contribution in [0.2, 0.25) is 0 Å². The number of amides is 1. The molecule has 12 heteroatoms. The molecule has 0 fully saturated rings. The van der Waals surface area contributed by atoms with Crippen molar-refractivity contribution in [2.75, 3.05) is 5.32 Å². The van der Waals surface area contributed by atoms with Crippen molar-refractivity contribution < 1.29 is 31.1 Å². The van der Waals surface area contributed by atoms with Crippen LogP contribution in [0.1, 0.15) is 17.5 Å². The van der Waals surface area contributed by atoms with E-state index in [1.54, 1.807) is 0 Å². The summed E-state index contributed by atoms with van der Waals surface area (Å²) in [5, 5.41) is 9.87. The topological polar surface area (TPSA) is 77.0 Å². The Balaban J connectivity index is 2.97. The van der Waals surface area contributed by atoms with Gasteiger partial charge in [-0.15, -0.1) is 0 Å². The number of carbonyl (C=O) groups is 1. The van der Waals surface area contributed by atoms with Gasteiger partial charge < -0.3 is 5.32 Å². The molecule has 0 aromatic heterocycles. The number of hydrogen-bond acceptors (Lipinski definition) is 3. The quantitative estimate of drug-likeness (QED) is 0.424. The molecular formula is C12H8F6N4OS. The summed E-state index contributed by atoms with van der Waals surface area (Å²) in [7, 11) is 0. The molecule has 1 aromatic rings. The lowest BCUT2D eigenvalue weighted by atomic mass is 10.1. The van der Waals surface area contributed by atoms with Crippen molar-refractivity contribution in [3.63, 3.8) is 0 Å². The van der Waals surface area contributed by atoms with Crippen LogP contribution in [0.15, 0.2) is 18.2 Å². The molecule has 0 heterocycles. The maximum atomic E-state index is 12.7. The van der Waals surface area contributed by atoms with E-state index in [9.17, 15) is 31.1 Å². The zero-order chi connectivity index (χ0) is 18.5. The van der Waals surface area contributed by atoms with E-state index >= 15 is 0 Å². The Hall–Kier alpha value is -2.55.